The summed E-state index contributed by atoms with van der Waals surface area (Å²) in [5.41, 5.74) is -0.504. The van der Waals surface area contributed by atoms with E-state index in [4.69, 9.17) is 9.84 Å². The summed E-state index contributed by atoms with van der Waals surface area (Å²) in [4.78, 5) is 12.1. The zero-order valence-corrected chi connectivity index (χ0v) is 11.1. The molecule has 5 heteroatoms. The Hall–Kier alpha value is -0.260. The first-order valence-electron chi connectivity index (χ1n) is 6.27. The van der Waals surface area contributed by atoms with E-state index in [0.717, 1.165) is 25.7 Å². The van der Waals surface area contributed by atoms with Gasteiger partial charge in [-0.2, -0.15) is 11.8 Å². The molecule has 2 aliphatic carbocycles. The van der Waals surface area contributed by atoms with Crippen molar-refractivity contribution in [3.63, 3.8) is 0 Å². The van der Waals surface area contributed by atoms with Gasteiger partial charge in [-0.1, -0.05) is 0 Å². The molecule has 0 aromatic carbocycles. The minimum Gasteiger partial charge on any atom is -0.468 e. The maximum Gasteiger partial charge on any atom is 0.327 e. The van der Waals surface area contributed by atoms with Gasteiger partial charge in [0.25, 0.3) is 0 Å². The Morgan fingerprint density at radius 3 is 2.65 bits per heavy atom. The molecule has 0 heterocycles. The highest BCUT2D eigenvalue weighted by Gasteiger charge is 2.53. The van der Waals surface area contributed by atoms with Gasteiger partial charge in [0.15, 0.2) is 0 Å². The van der Waals surface area contributed by atoms with Crippen molar-refractivity contribution in [2.45, 2.75) is 37.3 Å². The van der Waals surface area contributed by atoms with E-state index in [2.05, 4.69) is 5.32 Å². The molecule has 98 valence electrons. The van der Waals surface area contributed by atoms with Crippen LogP contribution >= 0.6 is 11.8 Å². The first-order valence-corrected chi connectivity index (χ1v) is 7.43. The molecule has 0 saturated heterocycles. The number of hydrogen-bond donors (Lipinski definition) is 2. The maximum atomic E-state index is 12.1. The van der Waals surface area contributed by atoms with Crippen molar-refractivity contribution in [3.8, 4) is 0 Å². The van der Waals surface area contributed by atoms with Gasteiger partial charge in [0, 0.05) is 17.5 Å². The first-order chi connectivity index (χ1) is 8.23. The SMILES string of the molecule is COC(=O)C(CSCCO)(NC1CC1)C1CC1. The molecule has 0 bridgehead atoms. The predicted octanol–water partition coefficient (Wildman–Crippen LogP) is 0.786. The maximum absolute atomic E-state index is 12.1. The first kappa shape index (κ1) is 13.2. The van der Waals surface area contributed by atoms with Crippen LogP contribution in [0.25, 0.3) is 0 Å². The van der Waals surface area contributed by atoms with Crippen LogP contribution < -0.4 is 5.32 Å². The van der Waals surface area contributed by atoms with Crippen LogP contribution in [0.4, 0.5) is 0 Å². The second kappa shape index (κ2) is 5.59. The summed E-state index contributed by atoms with van der Waals surface area (Å²) in [7, 11) is 1.46. The standard InChI is InChI=1S/C12H21NO3S/c1-16-11(15)12(9-2-3-9,8-17-7-6-14)13-10-4-5-10/h9-10,13-14H,2-8H2,1H3. The molecule has 2 aliphatic rings. The number of carbonyl (C=O) groups excluding carboxylic acids is 1. The summed E-state index contributed by atoms with van der Waals surface area (Å²) in [6.07, 6.45) is 4.54. The number of ether oxygens (including phenoxy) is 1. The van der Waals surface area contributed by atoms with Crippen LogP contribution in [0.3, 0.4) is 0 Å². The smallest absolute Gasteiger partial charge is 0.327 e. The molecule has 0 spiro atoms. The van der Waals surface area contributed by atoms with E-state index in [1.807, 2.05) is 0 Å². The number of hydrogen-bond acceptors (Lipinski definition) is 5. The van der Waals surface area contributed by atoms with E-state index < -0.39 is 5.54 Å². The van der Waals surface area contributed by atoms with Gasteiger partial charge in [0.2, 0.25) is 0 Å². The molecule has 2 N–H and O–H groups in total. The van der Waals surface area contributed by atoms with E-state index in [9.17, 15) is 4.79 Å². The van der Waals surface area contributed by atoms with Crippen molar-refractivity contribution in [2.24, 2.45) is 5.92 Å². The molecule has 0 aliphatic heterocycles. The minimum absolute atomic E-state index is 0.127. The van der Waals surface area contributed by atoms with E-state index in [-0.39, 0.29) is 12.6 Å². The third kappa shape index (κ3) is 3.14. The van der Waals surface area contributed by atoms with Crippen LogP contribution in [-0.4, -0.2) is 47.9 Å². The lowest BCUT2D eigenvalue weighted by Gasteiger charge is -2.32. The van der Waals surface area contributed by atoms with Crippen LogP contribution in [0, 0.1) is 5.92 Å². The van der Waals surface area contributed by atoms with Crippen LogP contribution in [0.2, 0.25) is 0 Å². The molecule has 2 rings (SSSR count). The summed E-state index contributed by atoms with van der Waals surface area (Å²) < 4.78 is 5.00. The lowest BCUT2D eigenvalue weighted by molar-refractivity contribution is -0.148. The number of rotatable bonds is 8. The van der Waals surface area contributed by atoms with Gasteiger partial charge in [-0.3, -0.25) is 10.1 Å². The van der Waals surface area contributed by atoms with Crippen molar-refractivity contribution in [1.82, 2.24) is 5.32 Å². The summed E-state index contributed by atoms with van der Waals surface area (Å²) in [5, 5.41) is 12.3. The Labute approximate surface area is 106 Å². The average Bonchev–Trinajstić information content (AvgIpc) is 3.17. The molecule has 17 heavy (non-hydrogen) atoms. The van der Waals surface area contributed by atoms with E-state index in [1.165, 1.54) is 7.11 Å². The third-order valence-electron chi connectivity index (χ3n) is 3.43. The van der Waals surface area contributed by atoms with Gasteiger partial charge in [-0.25, -0.2) is 0 Å². The van der Waals surface area contributed by atoms with Gasteiger partial charge in [0.05, 0.1) is 13.7 Å². The quantitative estimate of drug-likeness (QED) is 0.498. The van der Waals surface area contributed by atoms with Crippen LogP contribution in [0.1, 0.15) is 25.7 Å². The van der Waals surface area contributed by atoms with Crippen LogP contribution in [0.15, 0.2) is 0 Å². The van der Waals surface area contributed by atoms with Crippen molar-refractivity contribution in [2.75, 3.05) is 25.2 Å². The third-order valence-corrected chi connectivity index (χ3v) is 4.56. The van der Waals surface area contributed by atoms with Crippen molar-refractivity contribution >= 4 is 17.7 Å². The zero-order valence-electron chi connectivity index (χ0n) is 10.3. The van der Waals surface area contributed by atoms with E-state index in [0.29, 0.717) is 23.5 Å². The molecular weight excluding hydrogens is 238 g/mol. The highest BCUT2D eigenvalue weighted by molar-refractivity contribution is 7.99. The monoisotopic (exact) mass is 259 g/mol. The number of methoxy groups -OCH3 is 1. The Morgan fingerprint density at radius 1 is 1.47 bits per heavy atom. The summed E-state index contributed by atoms with van der Waals surface area (Å²) in [6.45, 7) is 0.163. The van der Waals surface area contributed by atoms with Gasteiger partial charge < -0.3 is 9.84 Å². The van der Waals surface area contributed by atoms with Crippen molar-refractivity contribution in [3.05, 3.63) is 0 Å². The van der Waals surface area contributed by atoms with E-state index in [1.54, 1.807) is 11.8 Å². The fourth-order valence-electron chi connectivity index (χ4n) is 2.21. The number of nitrogens with one attached hydrogen (secondary N) is 1. The highest BCUT2D eigenvalue weighted by Crippen LogP contribution is 2.43. The second-order valence-electron chi connectivity index (χ2n) is 4.93. The van der Waals surface area contributed by atoms with Gasteiger partial charge in [0.1, 0.15) is 5.54 Å². The number of carbonyl (C=O) groups is 1. The Morgan fingerprint density at radius 2 is 2.18 bits per heavy atom. The fourth-order valence-corrected chi connectivity index (χ4v) is 3.24. The number of aliphatic hydroxyl groups excluding tert-OH is 1. The lowest BCUT2D eigenvalue weighted by atomic mass is 9.95. The van der Waals surface area contributed by atoms with E-state index >= 15 is 0 Å². The molecule has 2 fully saturated rings. The van der Waals surface area contributed by atoms with Crippen LogP contribution in [0.5, 0.6) is 0 Å². The lowest BCUT2D eigenvalue weighted by Crippen LogP contribution is -2.57. The van der Waals surface area contributed by atoms with Crippen LogP contribution in [-0.2, 0) is 9.53 Å². The molecule has 1 atom stereocenters. The number of aliphatic hydroxyl groups is 1. The normalized spacial score (nSPS) is 23.2. The number of thioether (sulfide) groups is 1. The molecule has 1 unspecified atom stereocenters. The predicted molar refractivity (Wildman–Crippen MR) is 68.0 cm³/mol. The average molecular weight is 259 g/mol. The summed E-state index contributed by atoms with van der Waals surface area (Å²) >= 11 is 1.63. The minimum atomic E-state index is -0.504. The molecule has 4 nitrogen and oxygen atoms in total. The summed E-state index contributed by atoms with van der Waals surface area (Å²) in [6, 6.07) is 0.490. The van der Waals surface area contributed by atoms with Crippen molar-refractivity contribution < 1.29 is 14.6 Å². The summed E-state index contributed by atoms with van der Waals surface area (Å²) in [5.74, 6) is 1.68. The number of esters is 1. The Kier molecular flexibility index (Phi) is 4.33. The fraction of sp³-hybridized carbons (Fsp3) is 0.917. The Bertz CT molecular complexity index is 279. The van der Waals surface area contributed by atoms with Gasteiger partial charge in [-0.15, -0.1) is 0 Å². The molecule has 0 radical (unpaired) electrons. The Balaban J connectivity index is 2.02. The van der Waals surface area contributed by atoms with Gasteiger partial charge >= 0.3 is 5.97 Å². The molecule has 0 aromatic rings. The zero-order chi connectivity index (χ0) is 12.3. The molecule has 0 aromatic heterocycles. The largest absolute Gasteiger partial charge is 0.468 e. The molecular formula is C12H21NO3S. The van der Waals surface area contributed by atoms with Crippen molar-refractivity contribution in [1.29, 1.82) is 0 Å². The molecule has 2 saturated carbocycles. The van der Waals surface area contributed by atoms with Gasteiger partial charge in [-0.05, 0) is 31.6 Å². The molecule has 0 amide bonds. The topological polar surface area (TPSA) is 58.6 Å². The second-order valence-corrected chi connectivity index (χ2v) is 6.04. The highest BCUT2D eigenvalue weighted by atomic mass is 32.2.